The maximum atomic E-state index is 13.2. The standard InChI is InChI=1S/C41H47N3O6/c1-27-36(25-44-22-8-12-35(44)39(47)50-41(2,3)4)48-40(49-37(27)30-15-13-28(26-45)14-16-30)31-19-17-29(18-20-31)34-11-6-5-9-32(34)24-43-38(46)33-10-7-21-42-23-33/h5-7,9-11,13-21,23,27,35-37,40,45H,8,12,22,24-26H2,1-4H3,(H,43,46)/t27-,35-,36+,37+,40+/m0/s1. The van der Waals surface area contributed by atoms with Crippen LogP contribution in [-0.2, 0) is 32.2 Å². The molecule has 0 bridgehead atoms. The normalized spacial score (nSPS) is 22.6. The van der Waals surface area contributed by atoms with Crippen LogP contribution in [0.2, 0.25) is 0 Å². The van der Waals surface area contributed by atoms with E-state index in [1.807, 2.05) is 75.4 Å². The molecule has 0 spiro atoms. The number of likely N-dealkylation sites (tertiary alicyclic amines) is 1. The summed E-state index contributed by atoms with van der Waals surface area (Å²) in [6.07, 6.45) is 3.76. The molecular formula is C41H47N3O6. The molecule has 2 saturated heterocycles. The van der Waals surface area contributed by atoms with Crippen molar-refractivity contribution in [1.29, 1.82) is 0 Å². The van der Waals surface area contributed by atoms with Gasteiger partial charge in [-0.15, -0.1) is 0 Å². The lowest BCUT2D eigenvalue weighted by atomic mass is 9.89. The van der Waals surface area contributed by atoms with Gasteiger partial charge in [0, 0.05) is 37.0 Å². The lowest BCUT2D eigenvalue weighted by molar-refractivity contribution is -0.276. The number of amides is 1. The molecule has 0 saturated carbocycles. The van der Waals surface area contributed by atoms with E-state index in [2.05, 4.69) is 40.3 Å². The van der Waals surface area contributed by atoms with E-state index >= 15 is 0 Å². The Bertz CT molecular complexity index is 1740. The molecule has 0 aliphatic carbocycles. The van der Waals surface area contributed by atoms with Crippen LogP contribution in [0.5, 0.6) is 0 Å². The number of nitrogens with zero attached hydrogens (tertiary/aromatic N) is 2. The maximum Gasteiger partial charge on any atom is 0.323 e. The zero-order valence-electron chi connectivity index (χ0n) is 29.2. The molecule has 9 heteroatoms. The largest absolute Gasteiger partial charge is 0.459 e. The summed E-state index contributed by atoms with van der Waals surface area (Å²) in [6, 6.07) is 27.3. The van der Waals surface area contributed by atoms with E-state index in [4.69, 9.17) is 14.2 Å². The van der Waals surface area contributed by atoms with E-state index in [1.54, 1.807) is 24.5 Å². The number of benzene rings is 3. The maximum absolute atomic E-state index is 13.2. The quantitative estimate of drug-likeness (QED) is 0.177. The second kappa shape index (κ2) is 15.6. The van der Waals surface area contributed by atoms with E-state index in [9.17, 15) is 14.7 Å². The fourth-order valence-electron chi connectivity index (χ4n) is 6.79. The summed E-state index contributed by atoms with van der Waals surface area (Å²) in [7, 11) is 0. The number of carbonyl (C=O) groups is 2. The van der Waals surface area contributed by atoms with Crippen LogP contribution < -0.4 is 5.32 Å². The first-order valence-electron chi connectivity index (χ1n) is 17.4. The summed E-state index contributed by atoms with van der Waals surface area (Å²) in [6.45, 7) is 9.56. The minimum atomic E-state index is -0.635. The number of esters is 1. The highest BCUT2D eigenvalue weighted by Gasteiger charge is 2.42. The number of hydrogen-bond acceptors (Lipinski definition) is 8. The molecule has 0 radical (unpaired) electrons. The van der Waals surface area contributed by atoms with E-state index in [-0.39, 0.29) is 42.7 Å². The third-order valence-corrected chi connectivity index (χ3v) is 9.45. The molecule has 50 heavy (non-hydrogen) atoms. The smallest absolute Gasteiger partial charge is 0.323 e. The van der Waals surface area contributed by atoms with Crippen LogP contribution in [0.15, 0.2) is 97.3 Å². The molecule has 4 aromatic rings. The summed E-state index contributed by atoms with van der Waals surface area (Å²) in [5.74, 6) is -0.375. The summed E-state index contributed by atoms with van der Waals surface area (Å²) in [5, 5.41) is 12.6. The molecule has 2 aliphatic rings. The number of ether oxygens (including phenoxy) is 3. The fourth-order valence-corrected chi connectivity index (χ4v) is 6.79. The molecular weight excluding hydrogens is 630 g/mol. The van der Waals surface area contributed by atoms with Crippen LogP contribution in [0.4, 0.5) is 0 Å². The van der Waals surface area contributed by atoms with Gasteiger partial charge in [-0.2, -0.15) is 0 Å². The summed E-state index contributed by atoms with van der Waals surface area (Å²) < 4.78 is 19.2. The summed E-state index contributed by atoms with van der Waals surface area (Å²) in [4.78, 5) is 32.1. The number of aliphatic hydroxyl groups is 1. The first-order valence-corrected chi connectivity index (χ1v) is 17.4. The third kappa shape index (κ3) is 8.47. The van der Waals surface area contributed by atoms with E-state index in [0.29, 0.717) is 18.7 Å². The minimum absolute atomic E-state index is 0.0147. The van der Waals surface area contributed by atoms with E-state index in [0.717, 1.165) is 52.8 Å². The second-order valence-corrected chi connectivity index (χ2v) is 14.2. The zero-order valence-corrected chi connectivity index (χ0v) is 29.2. The van der Waals surface area contributed by atoms with Crippen LogP contribution >= 0.6 is 0 Å². The van der Waals surface area contributed by atoms with Crippen LogP contribution in [0.1, 0.15) is 85.5 Å². The minimum Gasteiger partial charge on any atom is -0.459 e. The Hall–Kier alpha value is -4.41. The number of aromatic nitrogens is 1. The van der Waals surface area contributed by atoms with Crippen LogP contribution in [0.3, 0.4) is 0 Å². The van der Waals surface area contributed by atoms with Gasteiger partial charge in [0.05, 0.1) is 24.4 Å². The molecule has 0 unspecified atom stereocenters. The van der Waals surface area contributed by atoms with Crippen molar-refractivity contribution in [2.24, 2.45) is 5.92 Å². The molecule has 9 nitrogen and oxygen atoms in total. The van der Waals surface area contributed by atoms with Gasteiger partial charge < -0.3 is 24.6 Å². The zero-order chi connectivity index (χ0) is 35.3. The fraction of sp³-hybridized carbons (Fsp3) is 0.390. The first kappa shape index (κ1) is 35.4. The molecule has 5 atom stereocenters. The van der Waals surface area contributed by atoms with E-state index in [1.165, 1.54) is 0 Å². The van der Waals surface area contributed by atoms with Crippen molar-refractivity contribution < 1.29 is 28.9 Å². The highest BCUT2D eigenvalue weighted by Crippen LogP contribution is 2.43. The van der Waals surface area contributed by atoms with Gasteiger partial charge in [0.2, 0.25) is 0 Å². The lowest BCUT2D eigenvalue weighted by Gasteiger charge is -2.43. The topological polar surface area (TPSA) is 110 Å². The Morgan fingerprint density at radius 2 is 1.70 bits per heavy atom. The Morgan fingerprint density at radius 3 is 2.40 bits per heavy atom. The number of nitrogens with one attached hydrogen (secondary N) is 1. The van der Waals surface area contributed by atoms with Crippen molar-refractivity contribution in [1.82, 2.24) is 15.2 Å². The summed E-state index contributed by atoms with van der Waals surface area (Å²) in [5.41, 5.74) is 5.72. The van der Waals surface area contributed by atoms with Crippen molar-refractivity contribution in [3.63, 3.8) is 0 Å². The number of carbonyl (C=O) groups excluding carboxylic acids is 2. The molecule has 2 N–H and O–H groups in total. The molecule has 2 fully saturated rings. The SMILES string of the molecule is C[C@H]1[C@@H](CN2CCC[C@H]2C(=O)OC(C)(C)C)O[C@@H](c2ccc(-c3ccccc3CNC(=O)c3cccnc3)cc2)O[C@H]1c1ccc(CO)cc1. The molecule has 6 rings (SSSR count). The van der Waals surface area contributed by atoms with Crippen molar-refractivity contribution in [2.75, 3.05) is 13.1 Å². The lowest BCUT2D eigenvalue weighted by Crippen LogP contribution is -2.48. The van der Waals surface area contributed by atoms with Crippen molar-refractivity contribution >= 4 is 11.9 Å². The van der Waals surface area contributed by atoms with Crippen molar-refractivity contribution in [2.45, 2.75) is 83.8 Å². The molecule has 2 aliphatic heterocycles. The van der Waals surface area contributed by atoms with Crippen LogP contribution in [0, 0.1) is 5.92 Å². The molecule has 3 aromatic carbocycles. The highest BCUT2D eigenvalue weighted by molar-refractivity contribution is 5.93. The second-order valence-electron chi connectivity index (χ2n) is 14.2. The van der Waals surface area contributed by atoms with Gasteiger partial charge in [0.15, 0.2) is 6.29 Å². The predicted octanol–water partition coefficient (Wildman–Crippen LogP) is 6.77. The third-order valence-electron chi connectivity index (χ3n) is 9.45. The number of pyridine rings is 1. The molecule has 3 heterocycles. The van der Waals surface area contributed by atoms with Gasteiger partial charge in [0.25, 0.3) is 5.91 Å². The Balaban J connectivity index is 1.22. The number of rotatable bonds is 10. The Morgan fingerprint density at radius 1 is 0.960 bits per heavy atom. The van der Waals surface area contributed by atoms with Gasteiger partial charge in [-0.3, -0.25) is 19.5 Å². The predicted molar refractivity (Wildman–Crippen MR) is 191 cm³/mol. The van der Waals surface area contributed by atoms with Crippen molar-refractivity contribution in [3.05, 3.63) is 125 Å². The van der Waals surface area contributed by atoms with Crippen LogP contribution in [-0.4, -0.2) is 57.7 Å². The van der Waals surface area contributed by atoms with Gasteiger partial charge in [-0.05, 0) is 80.1 Å². The monoisotopic (exact) mass is 677 g/mol. The van der Waals surface area contributed by atoms with Crippen LogP contribution in [0.25, 0.3) is 11.1 Å². The van der Waals surface area contributed by atoms with Gasteiger partial charge in [0.1, 0.15) is 11.6 Å². The van der Waals surface area contributed by atoms with E-state index < -0.39 is 11.9 Å². The molecule has 1 amide bonds. The molecule has 1 aromatic heterocycles. The Labute approximate surface area is 294 Å². The number of hydrogen-bond donors (Lipinski definition) is 2. The Kier molecular flexibility index (Phi) is 11.1. The van der Waals surface area contributed by atoms with Gasteiger partial charge in [-0.25, -0.2) is 0 Å². The summed E-state index contributed by atoms with van der Waals surface area (Å²) >= 11 is 0. The molecule has 262 valence electrons. The average molecular weight is 678 g/mol. The number of aliphatic hydroxyl groups excluding tert-OH is 1. The first-order chi connectivity index (χ1) is 24.1. The average Bonchev–Trinajstić information content (AvgIpc) is 3.60. The van der Waals surface area contributed by atoms with Gasteiger partial charge >= 0.3 is 5.97 Å². The van der Waals surface area contributed by atoms with Crippen molar-refractivity contribution in [3.8, 4) is 11.1 Å². The van der Waals surface area contributed by atoms with Gasteiger partial charge in [-0.1, -0.05) is 79.7 Å². The highest BCUT2D eigenvalue weighted by atomic mass is 16.7.